The molecule has 2 heterocycles. The molecule has 0 saturated carbocycles. The lowest BCUT2D eigenvalue weighted by molar-refractivity contribution is 0.0658. The highest BCUT2D eigenvalue weighted by Crippen LogP contribution is 2.22. The van der Waals surface area contributed by atoms with Crippen LogP contribution >= 0.6 is 11.8 Å². The van der Waals surface area contributed by atoms with E-state index in [2.05, 4.69) is 11.2 Å². The highest BCUT2D eigenvalue weighted by Gasteiger charge is 2.18. The predicted molar refractivity (Wildman–Crippen MR) is 72.1 cm³/mol. The second-order valence-electron chi connectivity index (χ2n) is 4.64. The fourth-order valence-electron chi connectivity index (χ4n) is 2.32. The Bertz CT molecular complexity index is 405. The summed E-state index contributed by atoms with van der Waals surface area (Å²) in [7, 11) is 0. The Kier molecular flexibility index (Phi) is 4.72. The highest BCUT2D eigenvalue weighted by atomic mass is 32.2. The van der Waals surface area contributed by atoms with E-state index in [9.17, 15) is 4.79 Å². The van der Waals surface area contributed by atoms with Gasteiger partial charge in [0.25, 0.3) is 0 Å². The van der Waals surface area contributed by atoms with Gasteiger partial charge in [-0.3, -0.25) is 4.90 Å². The molecule has 0 aromatic carbocycles. The monoisotopic (exact) mass is 269 g/mol. The SMILES string of the molecule is CSC1CCCN(Cc2ccc(C(=O)O)o2)CC1. The van der Waals surface area contributed by atoms with E-state index in [4.69, 9.17) is 9.52 Å². The quantitative estimate of drug-likeness (QED) is 0.910. The molecule has 0 spiro atoms. The van der Waals surface area contributed by atoms with Crippen LogP contribution in [-0.4, -0.2) is 40.6 Å². The standard InChI is InChI=1S/C13H19NO3S/c1-18-11-3-2-7-14(8-6-11)9-10-4-5-12(17-10)13(15)16/h4-5,11H,2-3,6-9H2,1H3,(H,15,16). The predicted octanol–water partition coefficient (Wildman–Crippen LogP) is 2.70. The zero-order valence-corrected chi connectivity index (χ0v) is 11.4. The molecule has 1 aliphatic rings. The Hall–Kier alpha value is -0.940. The summed E-state index contributed by atoms with van der Waals surface area (Å²) in [5.74, 6) is -0.226. The fraction of sp³-hybridized carbons (Fsp3) is 0.615. The molecule has 0 aliphatic carbocycles. The first-order valence-electron chi connectivity index (χ1n) is 6.26. The minimum Gasteiger partial charge on any atom is -0.475 e. The summed E-state index contributed by atoms with van der Waals surface area (Å²) in [5, 5.41) is 9.57. The smallest absolute Gasteiger partial charge is 0.371 e. The van der Waals surface area contributed by atoms with Crippen LogP contribution in [0.1, 0.15) is 35.6 Å². The molecule has 4 nitrogen and oxygen atoms in total. The van der Waals surface area contributed by atoms with Gasteiger partial charge in [0.1, 0.15) is 5.76 Å². The third kappa shape index (κ3) is 3.53. The number of hydrogen-bond acceptors (Lipinski definition) is 4. The summed E-state index contributed by atoms with van der Waals surface area (Å²) < 4.78 is 5.30. The van der Waals surface area contributed by atoms with E-state index < -0.39 is 5.97 Å². The van der Waals surface area contributed by atoms with E-state index in [1.54, 1.807) is 6.07 Å². The molecule has 1 unspecified atom stereocenters. The van der Waals surface area contributed by atoms with Crippen LogP contribution in [0, 0.1) is 0 Å². The Morgan fingerprint density at radius 2 is 2.33 bits per heavy atom. The van der Waals surface area contributed by atoms with Gasteiger partial charge in [0.15, 0.2) is 0 Å². The maximum atomic E-state index is 10.7. The summed E-state index contributed by atoms with van der Waals surface area (Å²) in [6.45, 7) is 2.85. The van der Waals surface area contributed by atoms with Gasteiger partial charge in [0.2, 0.25) is 5.76 Å². The average molecular weight is 269 g/mol. The van der Waals surface area contributed by atoms with Gasteiger partial charge in [-0.25, -0.2) is 4.79 Å². The average Bonchev–Trinajstić information content (AvgIpc) is 2.69. The minimum atomic E-state index is -1.00. The lowest BCUT2D eigenvalue weighted by Crippen LogP contribution is -2.24. The normalized spacial score (nSPS) is 21.7. The van der Waals surface area contributed by atoms with E-state index in [1.807, 2.05) is 11.8 Å². The molecule has 1 aromatic rings. The number of nitrogens with zero attached hydrogens (tertiary/aromatic N) is 1. The molecule has 0 radical (unpaired) electrons. The van der Waals surface area contributed by atoms with Crippen LogP contribution in [0.25, 0.3) is 0 Å². The Balaban J connectivity index is 1.90. The summed E-state index contributed by atoms with van der Waals surface area (Å²) in [6.07, 6.45) is 5.86. The van der Waals surface area contributed by atoms with Crippen molar-refractivity contribution >= 4 is 17.7 Å². The number of carboxylic acid groups (broad SMARTS) is 1. The van der Waals surface area contributed by atoms with Crippen LogP contribution in [0.4, 0.5) is 0 Å². The maximum Gasteiger partial charge on any atom is 0.371 e. The van der Waals surface area contributed by atoms with Gasteiger partial charge in [-0.1, -0.05) is 0 Å². The number of carbonyl (C=O) groups is 1. The van der Waals surface area contributed by atoms with E-state index in [0.717, 1.165) is 24.1 Å². The topological polar surface area (TPSA) is 53.7 Å². The van der Waals surface area contributed by atoms with Crippen LogP contribution < -0.4 is 0 Å². The zero-order valence-electron chi connectivity index (χ0n) is 10.6. The number of aromatic carboxylic acids is 1. The highest BCUT2D eigenvalue weighted by molar-refractivity contribution is 7.99. The molecule has 1 aromatic heterocycles. The maximum absolute atomic E-state index is 10.7. The van der Waals surface area contributed by atoms with Gasteiger partial charge < -0.3 is 9.52 Å². The molecule has 2 rings (SSSR count). The second-order valence-corrected chi connectivity index (χ2v) is 5.77. The number of hydrogen-bond donors (Lipinski definition) is 1. The van der Waals surface area contributed by atoms with Gasteiger partial charge in [0.05, 0.1) is 6.54 Å². The number of carboxylic acids is 1. The van der Waals surface area contributed by atoms with Gasteiger partial charge in [-0.15, -0.1) is 0 Å². The van der Waals surface area contributed by atoms with Crippen molar-refractivity contribution in [1.82, 2.24) is 4.90 Å². The molecule has 1 aliphatic heterocycles. The van der Waals surface area contributed by atoms with Crippen molar-refractivity contribution in [2.24, 2.45) is 0 Å². The van der Waals surface area contributed by atoms with E-state index in [0.29, 0.717) is 6.54 Å². The van der Waals surface area contributed by atoms with Gasteiger partial charge >= 0.3 is 5.97 Å². The summed E-state index contributed by atoms with van der Waals surface area (Å²) in [5.41, 5.74) is 0. The second kappa shape index (κ2) is 6.29. The van der Waals surface area contributed by atoms with Crippen molar-refractivity contribution in [1.29, 1.82) is 0 Å². The summed E-state index contributed by atoms with van der Waals surface area (Å²) >= 11 is 1.95. The van der Waals surface area contributed by atoms with Crippen LogP contribution in [-0.2, 0) is 6.54 Å². The van der Waals surface area contributed by atoms with Crippen molar-refractivity contribution in [3.8, 4) is 0 Å². The third-order valence-corrected chi connectivity index (χ3v) is 4.49. The van der Waals surface area contributed by atoms with Crippen LogP contribution in [0.15, 0.2) is 16.5 Å². The van der Waals surface area contributed by atoms with Crippen LogP contribution in [0.2, 0.25) is 0 Å². The summed E-state index contributed by atoms with van der Waals surface area (Å²) in [4.78, 5) is 13.1. The first-order valence-corrected chi connectivity index (χ1v) is 7.55. The lowest BCUT2D eigenvalue weighted by atomic mass is 10.2. The Morgan fingerprint density at radius 1 is 1.50 bits per heavy atom. The van der Waals surface area contributed by atoms with Crippen molar-refractivity contribution < 1.29 is 14.3 Å². The van der Waals surface area contributed by atoms with Crippen molar-refractivity contribution in [2.45, 2.75) is 31.1 Å². The van der Waals surface area contributed by atoms with Crippen LogP contribution in [0.5, 0.6) is 0 Å². The molecular weight excluding hydrogens is 250 g/mol. The van der Waals surface area contributed by atoms with Crippen molar-refractivity contribution in [2.75, 3.05) is 19.3 Å². The molecule has 1 saturated heterocycles. The number of furan rings is 1. The lowest BCUT2D eigenvalue weighted by Gasteiger charge is -2.18. The molecule has 1 fully saturated rings. The Morgan fingerprint density at radius 3 is 3.00 bits per heavy atom. The molecular formula is C13H19NO3S. The Labute approximate surface area is 111 Å². The largest absolute Gasteiger partial charge is 0.475 e. The minimum absolute atomic E-state index is 0.0295. The number of likely N-dealkylation sites (tertiary alicyclic amines) is 1. The molecule has 0 amide bonds. The molecule has 100 valence electrons. The summed E-state index contributed by atoms with van der Waals surface area (Å²) in [6, 6.07) is 3.29. The zero-order chi connectivity index (χ0) is 13.0. The molecule has 1 atom stereocenters. The van der Waals surface area contributed by atoms with E-state index in [-0.39, 0.29) is 5.76 Å². The molecule has 0 bridgehead atoms. The third-order valence-electron chi connectivity index (χ3n) is 3.35. The first kappa shape index (κ1) is 13.5. The number of rotatable bonds is 4. The first-order chi connectivity index (χ1) is 8.69. The van der Waals surface area contributed by atoms with Gasteiger partial charge in [-0.05, 0) is 50.7 Å². The van der Waals surface area contributed by atoms with Crippen LogP contribution in [0.3, 0.4) is 0 Å². The molecule has 5 heteroatoms. The molecule has 1 N–H and O–H groups in total. The van der Waals surface area contributed by atoms with E-state index in [1.165, 1.54) is 25.3 Å². The van der Waals surface area contributed by atoms with Gasteiger partial charge in [-0.2, -0.15) is 11.8 Å². The van der Waals surface area contributed by atoms with E-state index >= 15 is 0 Å². The van der Waals surface area contributed by atoms with Crippen molar-refractivity contribution in [3.63, 3.8) is 0 Å². The molecule has 18 heavy (non-hydrogen) atoms. The van der Waals surface area contributed by atoms with Gasteiger partial charge in [0, 0.05) is 5.25 Å². The van der Waals surface area contributed by atoms with Crippen molar-refractivity contribution in [3.05, 3.63) is 23.7 Å². The fourth-order valence-corrected chi connectivity index (χ4v) is 3.06. The number of thioether (sulfide) groups is 1.